The molecule has 1 saturated heterocycles. The molecule has 9 heteroatoms. The summed E-state index contributed by atoms with van der Waals surface area (Å²) in [6.07, 6.45) is 3.61. The molecular weight excluding hydrogens is 394 g/mol. The molecule has 1 atom stereocenters. The molecule has 5 rings (SSSR count). The highest BCUT2D eigenvalue weighted by atomic mass is 32.2. The van der Waals surface area contributed by atoms with Gasteiger partial charge in [0.2, 0.25) is 0 Å². The Morgan fingerprint density at radius 2 is 2.04 bits per heavy atom. The van der Waals surface area contributed by atoms with Crippen molar-refractivity contribution in [2.45, 2.75) is 18.9 Å². The minimum absolute atomic E-state index is 0.219. The van der Waals surface area contributed by atoms with Crippen molar-refractivity contribution in [1.82, 2.24) is 19.8 Å². The summed E-state index contributed by atoms with van der Waals surface area (Å²) in [7, 11) is 1.53. The molecule has 146 valence electrons. The highest BCUT2D eigenvalue weighted by Gasteiger charge is 2.53. The summed E-state index contributed by atoms with van der Waals surface area (Å²) in [5.41, 5.74) is 5.66. The Bertz CT molecular complexity index is 1030. The van der Waals surface area contributed by atoms with Gasteiger partial charge in [-0.1, -0.05) is 30.3 Å². The first-order valence-corrected chi connectivity index (χ1v) is 11.1. The zero-order valence-electron chi connectivity index (χ0n) is 15.4. The zero-order valence-corrected chi connectivity index (χ0v) is 17.0. The summed E-state index contributed by atoms with van der Waals surface area (Å²) in [5, 5.41) is 3.29. The number of nitrogens with one attached hydrogen (secondary N) is 1. The Balaban J connectivity index is 1.34. The number of anilines is 1. The fourth-order valence-electron chi connectivity index (χ4n) is 4.48. The van der Waals surface area contributed by atoms with Gasteiger partial charge in [-0.25, -0.2) is 15.4 Å². The van der Waals surface area contributed by atoms with Crippen LogP contribution in [0.25, 0.3) is 21.3 Å². The van der Waals surface area contributed by atoms with Crippen LogP contribution in [0.1, 0.15) is 12.8 Å². The van der Waals surface area contributed by atoms with Crippen LogP contribution in [0.15, 0.2) is 42.0 Å². The third kappa shape index (κ3) is 3.03. The van der Waals surface area contributed by atoms with Crippen molar-refractivity contribution in [3.8, 4) is 11.1 Å². The molecule has 1 aliphatic carbocycles. The first-order valence-electron chi connectivity index (χ1n) is 9.16. The topological polar surface area (TPSA) is 84.4 Å². The molecule has 0 bridgehead atoms. The Morgan fingerprint density at radius 3 is 2.75 bits per heavy atom. The van der Waals surface area contributed by atoms with E-state index >= 15 is 0 Å². The molecule has 3 aromatic rings. The van der Waals surface area contributed by atoms with Crippen LogP contribution in [0.3, 0.4) is 0 Å². The van der Waals surface area contributed by atoms with Crippen LogP contribution in [0, 0.1) is 5.41 Å². The molecule has 7 nitrogen and oxygen atoms in total. The van der Waals surface area contributed by atoms with E-state index in [1.165, 1.54) is 18.2 Å². The standard InChI is InChI=1S/C19H21N5O2S2/c1-23(28(25)26)22-14-7-19(8-14)10-24(11-19)17-16-15(13-5-3-2-4-6-13)9-27-18(16)21-12-20-17/h2-6,9,12,14,22H,7-8,10-11H2,1H3,(H,25,26)/p-1. The van der Waals surface area contributed by atoms with Crippen molar-refractivity contribution >= 4 is 38.6 Å². The number of benzene rings is 1. The van der Waals surface area contributed by atoms with Crippen molar-refractivity contribution in [3.05, 3.63) is 42.0 Å². The minimum Gasteiger partial charge on any atom is -0.759 e. The third-order valence-corrected chi connectivity index (χ3v) is 7.17. The highest BCUT2D eigenvalue weighted by Crippen LogP contribution is 2.51. The van der Waals surface area contributed by atoms with E-state index in [0.717, 1.165) is 46.4 Å². The van der Waals surface area contributed by atoms with E-state index in [1.807, 2.05) is 18.2 Å². The van der Waals surface area contributed by atoms with Crippen LogP contribution in [-0.2, 0) is 11.3 Å². The van der Waals surface area contributed by atoms with Gasteiger partial charge in [0, 0.05) is 53.8 Å². The number of aromatic nitrogens is 2. The lowest BCUT2D eigenvalue weighted by atomic mass is 9.61. The summed E-state index contributed by atoms with van der Waals surface area (Å²) >= 11 is -0.577. The largest absolute Gasteiger partial charge is 0.759 e. The van der Waals surface area contributed by atoms with E-state index in [4.69, 9.17) is 0 Å². The molecule has 1 aliphatic heterocycles. The van der Waals surface area contributed by atoms with Gasteiger partial charge in [0.25, 0.3) is 0 Å². The molecule has 1 unspecified atom stereocenters. The fourth-order valence-corrected chi connectivity index (χ4v) is 5.62. The maximum Gasteiger partial charge on any atom is 0.141 e. The van der Waals surface area contributed by atoms with Gasteiger partial charge in [0.05, 0.1) is 5.39 Å². The zero-order chi connectivity index (χ0) is 19.3. The monoisotopic (exact) mass is 414 g/mol. The van der Waals surface area contributed by atoms with Crippen LogP contribution in [-0.4, -0.2) is 49.3 Å². The maximum absolute atomic E-state index is 10.9. The van der Waals surface area contributed by atoms with E-state index in [9.17, 15) is 8.76 Å². The van der Waals surface area contributed by atoms with Crippen molar-refractivity contribution in [3.63, 3.8) is 0 Å². The predicted octanol–water partition coefficient (Wildman–Crippen LogP) is 2.56. The number of nitrogens with zero attached hydrogens (tertiary/aromatic N) is 4. The van der Waals surface area contributed by atoms with Gasteiger partial charge in [0.15, 0.2) is 0 Å². The number of hydrogen-bond donors (Lipinski definition) is 1. The third-order valence-electron chi connectivity index (χ3n) is 5.73. The van der Waals surface area contributed by atoms with Crippen molar-refractivity contribution in [2.75, 3.05) is 25.0 Å². The Morgan fingerprint density at radius 1 is 1.29 bits per heavy atom. The minimum atomic E-state index is -2.23. The number of hydrogen-bond acceptors (Lipinski definition) is 7. The van der Waals surface area contributed by atoms with E-state index in [1.54, 1.807) is 17.7 Å². The Hall–Kier alpha value is -1.91. The van der Waals surface area contributed by atoms with Crippen molar-refractivity contribution < 1.29 is 8.76 Å². The number of thiophene rings is 1. The average molecular weight is 415 g/mol. The molecule has 1 aromatic carbocycles. The molecule has 0 amide bonds. The molecule has 2 aromatic heterocycles. The molecule has 2 aliphatic rings. The lowest BCUT2D eigenvalue weighted by Crippen LogP contribution is -2.67. The predicted molar refractivity (Wildman–Crippen MR) is 110 cm³/mol. The van der Waals surface area contributed by atoms with E-state index in [2.05, 4.69) is 37.8 Å². The fraction of sp³-hybridized carbons (Fsp3) is 0.368. The smallest absolute Gasteiger partial charge is 0.141 e. The quantitative estimate of drug-likeness (QED) is 0.510. The van der Waals surface area contributed by atoms with Gasteiger partial charge in [-0.05, 0) is 18.4 Å². The van der Waals surface area contributed by atoms with E-state index in [-0.39, 0.29) is 11.5 Å². The molecule has 1 saturated carbocycles. The lowest BCUT2D eigenvalue weighted by Gasteiger charge is -2.60. The highest BCUT2D eigenvalue weighted by molar-refractivity contribution is 7.76. The summed E-state index contributed by atoms with van der Waals surface area (Å²) < 4.78 is 23.0. The summed E-state index contributed by atoms with van der Waals surface area (Å²) in [4.78, 5) is 12.4. The number of fused-ring (bicyclic) bond motifs is 1. The van der Waals surface area contributed by atoms with Crippen molar-refractivity contribution in [1.29, 1.82) is 0 Å². The SMILES string of the molecule is CN(NC1CC2(C1)CN(c1ncnc3scc(-c4ccccc4)c13)C2)S(=O)[O-]. The molecule has 1 N–H and O–H groups in total. The van der Waals surface area contributed by atoms with Crippen LogP contribution >= 0.6 is 11.3 Å². The van der Waals surface area contributed by atoms with Crippen LogP contribution in [0.2, 0.25) is 0 Å². The number of rotatable bonds is 5. The van der Waals surface area contributed by atoms with E-state index < -0.39 is 11.3 Å². The van der Waals surface area contributed by atoms with Gasteiger partial charge >= 0.3 is 0 Å². The normalized spacial score (nSPS) is 19.8. The first-order chi connectivity index (χ1) is 13.5. The Kier molecular flexibility index (Phi) is 4.44. The lowest BCUT2D eigenvalue weighted by molar-refractivity contribution is 0.0277. The second-order valence-corrected chi connectivity index (χ2v) is 9.54. The second-order valence-electron chi connectivity index (χ2n) is 7.70. The van der Waals surface area contributed by atoms with Crippen LogP contribution < -0.4 is 10.3 Å². The average Bonchev–Trinajstić information content (AvgIpc) is 3.07. The summed E-state index contributed by atoms with van der Waals surface area (Å²) in [6.45, 7) is 1.90. The molecule has 1 spiro atoms. The molecule has 3 heterocycles. The molecule has 28 heavy (non-hydrogen) atoms. The van der Waals surface area contributed by atoms with E-state index in [0.29, 0.717) is 0 Å². The van der Waals surface area contributed by atoms with Gasteiger partial charge in [-0.2, -0.15) is 4.41 Å². The summed E-state index contributed by atoms with van der Waals surface area (Å²) in [5.74, 6) is 1.00. The van der Waals surface area contributed by atoms with Gasteiger partial charge in [-0.15, -0.1) is 11.3 Å². The molecule has 2 fully saturated rings. The van der Waals surface area contributed by atoms with Gasteiger partial charge in [0.1, 0.15) is 17.0 Å². The molecular formula is C19H20N5O2S2-. The second kappa shape index (κ2) is 6.85. The summed E-state index contributed by atoms with van der Waals surface area (Å²) in [6, 6.07) is 10.6. The van der Waals surface area contributed by atoms with Crippen molar-refractivity contribution in [2.24, 2.45) is 5.41 Å². The number of hydrazine groups is 1. The maximum atomic E-state index is 10.9. The Labute approximate surface area is 169 Å². The van der Waals surface area contributed by atoms with Gasteiger partial charge < -0.3 is 9.45 Å². The van der Waals surface area contributed by atoms with Crippen LogP contribution in [0.4, 0.5) is 5.82 Å². The van der Waals surface area contributed by atoms with Gasteiger partial charge in [-0.3, -0.25) is 4.21 Å². The first kappa shape index (κ1) is 18.1. The molecule has 0 radical (unpaired) electrons. The van der Waals surface area contributed by atoms with Crippen LogP contribution in [0.5, 0.6) is 0 Å².